The van der Waals surface area contributed by atoms with Crippen LogP contribution in [0.3, 0.4) is 0 Å². The fraction of sp³-hybridized carbons (Fsp3) is 0.190. The van der Waals surface area contributed by atoms with E-state index >= 15 is 0 Å². The second-order valence-corrected chi connectivity index (χ2v) is 8.56. The molecule has 0 aliphatic heterocycles. The van der Waals surface area contributed by atoms with Gasteiger partial charge in [-0.05, 0) is 29.8 Å². The molecule has 2 aromatic heterocycles. The lowest BCUT2D eigenvalue weighted by Crippen LogP contribution is -2.22. The maximum Gasteiger partial charge on any atom is 0.282 e. The van der Waals surface area contributed by atoms with Crippen LogP contribution in [0.2, 0.25) is 0 Å². The number of amides is 1. The fourth-order valence-corrected chi connectivity index (χ4v) is 4.47. The third-order valence-corrected chi connectivity index (χ3v) is 6.60. The van der Waals surface area contributed by atoms with Gasteiger partial charge < -0.3 is 14.6 Å². The van der Waals surface area contributed by atoms with E-state index in [1.165, 1.54) is 23.1 Å². The van der Waals surface area contributed by atoms with E-state index in [-0.39, 0.29) is 5.91 Å². The van der Waals surface area contributed by atoms with Gasteiger partial charge >= 0.3 is 0 Å². The smallest absolute Gasteiger partial charge is 0.282 e. The minimum Gasteiger partial charge on any atom is -0.497 e. The molecule has 31 heavy (non-hydrogen) atoms. The average molecular weight is 453 g/mol. The Labute approximate surface area is 187 Å². The topological polar surface area (TPSA) is 94.8 Å². The Morgan fingerprint density at radius 3 is 2.58 bits per heavy atom. The van der Waals surface area contributed by atoms with Crippen molar-refractivity contribution >= 4 is 29.0 Å². The van der Waals surface area contributed by atoms with Gasteiger partial charge in [0.25, 0.3) is 5.91 Å². The monoisotopic (exact) mass is 452 g/mol. The maximum atomic E-state index is 12.3. The second kappa shape index (κ2) is 9.71. The summed E-state index contributed by atoms with van der Waals surface area (Å²) < 4.78 is 7.13. The van der Waals surface area contributed by atoms with Crippen molar-refractivity contribution in [1.82, 2.24) is 30.3 Å². The van der Waals surface area contributed by atoms with Gasteiger partial charge in [0.1, 0.15) is 10.8 Å². The highest BCUT2D eigenvalue weighted by atomic mass is 32.2. The van der Waals surface area contributed by atoms with Crippen LogP contribution in [0.15, 0.2) is 59.8 Å². The molecule has 1 N–H and O–H groups in total. The van der Waals surface area contributed by atoms with Crippen LogP contribution in [0.25, 0.3) is 11.4 Å². The second-order valence-electron chi connectivity index (χ2n) is 6.55. The van der Waals surface area contributed by atoms with Crippen molar-refractivity contribution in [3.8, 4) is 17.1 Å². The first-order chi connectivity index (χ1) is 15.1. The summed E-state index contributed by atoms with van der Waals surface area (Å²) in [6, 6.07) is 17.4. The molecular weight excluding hydrogens is 432 g/mol. The number of hydrogen-bond donors (Lipinski definition) is 1. The van der Waals surface area contributed by atoms with Gasteiger partial charge in [0.05, 0.1) is 12.9 Å². The number of aromatic nitrogens is 5. The molecule has 0 fully saturated rings. The van der Waals surface area contributed by atoms with Crippen LogP contribution in [0.4, 0.5) is 0 Å². The number of thioether (sulfide) groups is 1. The molecule has 1 amide bonds. The van der Waals surface area contributed by atoms with Crippen LogP contribution < -0.4 is 10.1 Å². The number of nitrogens with zero attached hydrogens (tertiary/aromatic N) is 5. The molecule has 0 aliphatic carbocycles. The number of benzene rings is 2. The molecular formula is C21H20N6O2S2. The van der Waals surface area contributed by atoms with Gasteiger partial charge in [-0.25, -0.2) is 0 Å². The molecule has 8 nitrogen and oxygen atoms in total. The first kappa shape index (κ1) is 21.0. The third kappa shape index (κ3) is 5.09. The van der Waals surface area contributed by atoms with Crippen LogP contribution in [0, 0.1) is 0 Å². The Morgan fingerprint density at radius 2 is 1.84 bits per heavy atom. The number of hydrogen-bond acceptors (Lipinski definition) is 8. The molecule has 2 aromatic carbocycles. The maximum absolute atomic E-state index is 12.3. The van der Waals surface area contributed by atoms with Gasteiger partial charge in [0.15, 0.2) is 11.0 Å². The Kier molecular flexibility index (Phi) is 6.58. The average Bonchev–Trinajstić information content (AvgIpc) is 3.43. The van der Waals surface area contributed by atoms with E-state index in [1.54, 1.807) is 7.11 Å². The molecule has 4 aromatic rings. The van der Waals surface area contributed by atoms with Crippen LogP contribution in [0.1, 0.15) is 20.4 Å². The van der Waals surface area contributed by atoms with Crippen molar-refractivity contribution in [3.05, 3.63) is 70.2 Å². The standard InChI is InChI=1S/C21H20N6O2S2/c1-27-18(15-8-10-16(29-2)11-9-15)24-26-21(27)30-13-17-23-25-20(31-17)19(28)22-12-14-6-4-3-5-7-14/h3-11H,12-13H2,1-2H3,(H,22,28). The first-order valence-corrected chi connectivity index (χ1v) is 11.3. The Bertz CT molecular complexity index is 1160. The number of carbonyl (C=O) groups is 1. The number of ether oxygens (including phenoxy) is 1. The molecule has 10 heteroatoms. The Hall–Kier alpha value is -3.24. The van der Waals surface area contributed by atoms with Crippen molar-refractivity contribution in [2.24, 2.45) is 7.05 Å². The van der Waals surface area contributed by atoms with E-state index in [1.807, 2.05) is 66.2 Å². The zero-order chi connectivity index (χ0) is 21.6. The molecule has 0 saturated heterocycles. The molecule has 0 spiro atoms. The lowest BCUT2D eigenvalue weighted by molar-refractivity contribution is 0.0950. The van der Waals surface area contributed by atoms with Gasteiger partial charge in [0, 0.05) is 19.2 Å². The van der Waals surface area contributed by atoms with E-state index in [0.29, 0.717) is 17.3 Å². The van der Waals surface area contributed by atoms with Crippen molar-refractivity contribution in [2.75, 3.05) is 7.11 Å². The Morgan fingerprint density at radius 1 is 1.06 bits per heavy atom. The van der Waals surface area contributed by atoms with Crippen LogP contribution in [0.5, 0.6) is 5.75 Å². The summed E-state index contributed by atoms with van der Waals surface area (Å²) in [6.45, 7) is 0.455. The molecule has 0 saturated carbocycles. The van der Waals surface area contributed by atoms with E-state index in [2.05, 4.69) is 25.7 Å². The molecule has 2 heterocycles. The minimum absolute atomic E-state index is 0.224. The lowest BCUT2D eigenvalue weighted by atomic mass is 10.2. The van der Waals surface area contributed by atoms with Crippen molar-refractivity contribution in [2.45, 2.75) is 17.5 Å². The summed E-state index contributed by atoms with van der Waals surface area (Å²) in [5, 5.41) is 21.5. The van der Waals surface area contributed by atoms with Crippen LogP contribution in [-0.4, -0.2) is 38.0 Å². The third-order valence-electron chi connectivity index (χ3n) is 4.46. The van der Waals surface area contributed by atoms with E-state index < -0.39 is 0 Å². The normalized spacial score (nSPS) is 10.8. The van der Waals surface area contributed by atoms with Gasteiger partial charge in [-0.1, -0.05) is 53.4 Å². The van der Waals surface area contributed by atoms with Gasteiger partial charge in [0.2, 0.25) is 5.01 Å². The zero-order valence-electron chi connectivity index (χ0n) is 17.0. The summed E-state index contributed by atoms with van der Waals surface area (Å²) in [5.74, 6) is 1.89. The van der Waals surface area contributed by atoms with Crippen molar-refractivity contribution < 1.29 is 9.53 Å². The highest BCUT2D eigenvalue weighted by Crippen LogP contribution is 2.27. The summed E-state index contributed by atoms with van der Waals surface area (Å²) in [5.41, 5.74) is 1.99. The van der Waals surface area contributed by atoms with Crippen LogP contribution in [-0.2, 0) is 19.3 Å². The summed E-state index contributed by atoms with van der Waals surface area (Å²) in [6.07, 6.45) is 0. The summed E-state index contributed by atoms with van der Waals surface area (Å²) in [4.78, 5) is 12.3. The minimum atomic E-state index is -0.224. The molecule has 4 rings (SSSR count). The van der Waals surface area contributed by atoms with Crippen LogP contribution >= 0.6 is 23.1 Å². The first-order valence-electron chi connectivity index (χ1n) is 9.45. The Balaban J connectivity index is 1.35. The lowest BCUT2D eigenvalue weighted by Gasteiger charge is -2.04. The molecule has 0 aliphatic rings. The van der Waals surface area contributed by atoms with E-state index in [9.17, 15) is 4.79 Å². The number of nitrogens with one attached hydrogen (secondary N) is 1. The molecule has 0 atom stereocenters. The quantitative estimate of drug-likeness (QED) is 0.408. The number of rotatable bonds is 8. The molecule has 158 valence electrons. The fourth-order valence-electron chi connectivity index (χ4n) is 2.82. The number of carbonyl (C=O) groups excluding carboxylic acids is 1. The van der Waals surface area contributed by atoms with Gasteiger partial charge in [-0.2, -0.15) is 0 Å². The predicted octanol–water partition coefficient (Wildman–Crippen LogP) is 3.56. The molecule has 0 radical (unpaired) electrons. The largest absolute Gasteiger partial charge is 0.497 e. The van der Waals surface area contributed by atoms with Gasteiger partial charge in [-0.3, -0.25) is 4.79 Å². The predicted molar refractivity (Wildman–Crippen MR) is 120 cm³/mol. The zero-order valence-corrected chi connectivity index (χ0v) is 18.6. The van der Waals surface area contributed by atoms with E-state index in [0.717, 1.165) is 32.9 Å². The molecule has 0 unspecified atom stereocenters. The number of methoxy groups -OCH3 is 1. The van der Waals surface area contributed by atoms with Gasteiger partial charge in [-0.15, -0.1) is 20.4 Å². The van der Waals surface area contributed by atoms with E-state index in [4.69, 9.17) is 4.74 Å². The summed E-state index contributed by atoms with van der Waals surface area (Å²) in [7, 11) is 3.56. The highest BCUT2D eigenvalue weighted by molar-refractivity contribution is 7.98. The highest BCUT2D eigenvalue weighted by Gasteiger charge is 2.15. The van der Waals surface area contributed by atoms with Crippen molar-refractivity contribution in [1.29, 1.82) is 0 Å². The summed E-state index contributed by atoms with van der Waals surface area (Å²) >= 11 is 2.78. The SMILES string of the molecule is COc1ccc(-c2nnc(SCc3nnc(C(=O)NCc4ccccc4)s3)n2C)cc1. The van der Waals surface area contributed by atoms with Crippen molar-refractivity contribution in [3.63, 3.8) is 0 Å². The molecule has 0 bridgehead atoms.